The summed E-state index contributed by atoms with van der Waals surface area (Å²) in [5, 5.41) is 5.89. The SMILES string of the molecule is CCSCCCNC(=O)N[C@H]1CCSC1. The minimum atomic E-state index is 0.00370. The summed E-state index contributed by atoms with van der Waals surface area (Å²) in [6.45, 7) is 2.95. The van der Waals surface area contributed by atoms with Gasteiger partial charge in [-0.05, 0) is 30.1 Å². The van der Waals surface area contributed by atoms with Crippen LogP contribution in [-0.2, 0) is 0 Å². The molecule has 1 fully saturated rings. The Balaban J connectivity index is 1.93. The molecule has 0 saturated carbocycles. The highest BCUT2D eigenvalue weighted by Gasteiger charge is 2.16. The van der Waals surface area contributed by atoms with Crippen molar-refractivity contribution < 1.29 is 4.79 Å². The molecule has 1 rings (SSSR count). The van der Waals surface area contributed by atoms with Crippen LogP contribution in [0, 0.1) is 0 Å². The van der Waals surface area contributed by atoms with Gasteiger partial charge in [0.25, 0.3) is 0 Å². The first-order valence-corrected chi connectivity index (χ1v) is 7.83. The van der Waals surface area contributed by atoms with Gasteiger partial charge in [0.15, 0.2) is 0 Å². The van der Waals surface area contributed by atoms with Gasteiger partial charge in [0.1, 0.15) is 0 Å². The monoisotopic (exact) mass is 248 g/mol. The molecule has 0 aromatic rings. The minimum Gasteiger partial charge on any atom is -0.338 e. The van der Waals surface area contributed by atoms with Gasteiger partial charge in [-0.1, -0.05) is 6.92 Å². The number of urea groups is 1. The van der Waals surface area contributed by atoms with Crippen LogP contribution in [0.4, 0.5) is 4.79 Å². The molecule has 0 aliphatic carbocycles. The summed E-state index contributed by atoms with van der Waals surface area (Å²) in [6, 6.07) is 0.393. The Morgan fingerprint density at radius 2 is 2.47 bits per heavy atom. The van der Waals surface area contributed by atoms with E-state index in [0.29, 0.717) is 6.04 Å². The maximum Gasteiger partial charge on any atom is 0.315 e. The zero-order valence-corrected chi connectivity index (χ0v) is 10.9. The second kappa shape index (κ2) is 8.16. The molecule has 0 unspecified atom stereocenters. The molecule has 1 aliphatic heterocycles. The second-order valence-corrected chi connectivity index (χ2v) is 6.05. The Kier molecular flexibility index (Phi) is 7.09. The first-order valence-electron chi connectivity index (χ1n) is 5.52. The lowest BCUT2D eigenvalue weighted by Crippen LogP contribution is -2.42. The molecule has 0 aromatic carbocycles. The van der Waals surface area contributed by atoms with Gasteiger partial charge >= 0.3 is 6.03 Å². The summed E-state index contributed by atoms with van der Waals surface area (Å²) >= 11 is 3.83. The van der Waals surface area contributed by atoms with Gasteiger partial charge in [-0.15, -0.1) is 0 Å². The Morgan fingerprint density at radius 3 is 3.13 bits per heavy atom. The largest absolute Gasteiger partial charge is 0.338 e. The molecule has 1 heterocycles. The van der Waals surface area contributed by atoms with Crippen LogP contribution in [0.2, 0.25) is 0 Å². The van der Waals surface area contributed by atoms with E-state index in [-0.39, 0.29) is 6.03 Å². The second-order valence-electron chi connectivity index (χ2n) is 3.51. The van der Waals surface area contributed by atoms with Crippen molar-refractivity contribution >= 4 is 29.6 Å². The molecule has 2 amide bonds. The highest BCUT2D eigenvalue weighted by molar-refractivity contribution is 7.99. The number of rotatable bonds is 6. The van der Waals surface area contributed by atoms with Gasteiger partial charge in [0, 0.05) is 18.3 Å². The van der Waals surface area contributed by atoms with E-state index in [2.05, 4.69) is 17.6 Å². The Morgan fingerprint density at radius 1 is 1.60 bits per heavy atom. The van der Waals surface area contributed by atoms with Crippen molar-refractivity contribution in [2.75, 3.05) is 29.6 Å². The molecule has 0 aromatic heterocycles. The van der Waals surface area contributed by atoms with Gasteiger partial charge in [-0.25, -0.2) is 4.79 Å². The van der Waals surface area contributed by atoms with Gasteiger partial charge < -0.3 is 10.6 Å². The fourth-order valence-corrected chi connectivity index (χ4v) is 3.19. The van der Waals surface area contributed by atoms with Crippen molar-refractivity contribution in [3.63, 3.8) is 0 Å². The van der Waals surface area contributed by atoms with E-state index in [1.54, 1.807) is 0 Å². The summed E-state index contributed by atoms with van der Waals surface area (Å²) in [6.07, 6.45) is 2.18. The molecule has 3 nitrogen and oxygen atoms in total. The predicted molar refractivity (Wildman–Crippen MR) is 69.9 cm³/mol. The molecule has 1 atom stereocenters. The topological polar surface area (TPSA) is 41.1 Å². The molecular weight excluding hydrogens is 228 g/mol. The number of carbonyl (C=O) groups excluding carboxylic acids is 1. The van der Waals surface area contributed by atoms with Crippen molar-refractivity contribution in [3.05, 3.63) is 0 Å². The highest BCUT2D eigenvalue weighted by Crippen LogP contribution is 2.16. The number of thioether (sulfide) groups is 2. The summed E-state index contributed by atoms with van der Waals surface area (Å²) in [5.41, 5.74) is 0. The number of hydrogen-bond donors (Lipinski definition) is 2. The fourth-order valence-electron chi connectivity index (χ4n) is 1.41. The van der Waals surface area contributed by atoms with Crippen LogP contribution in [0.1, 0.15) is 19.8 Å². The van der Waals surface area contributed by atoms with Gasteiger partial charge in [-0.3, -0.25) is 0 Å². The molecule has 15 heavy (non-hydrogen) atoms. The van der Waals surface area contributed by atoms with E-state index in [0.717, 1.165) is 36.6 Å². The summed E-state index contributed by atoms with van der Waals surface area (Å²) in [5.74, 6) is 4.54. The van der Waals surface area contributed by atoms with Crippen LogP contribution in [0.15, 0.2) is 0 Å². The van der Waals surface area contributed by atoms with E-state index in [1.165, 1.54) is 5.75 Å². The Hall–Kier alpha value is -0.0300. The smallest absolute Gasteiger partial charge is 0.315 e. The molecule has 2 N–H and O–H groups in total. The number of amides is 2. The van der Waals surface area contributed by atoms with E-state index < -0.39 is 0 Å². The van der Waals surface area contributed by atoms with Crippen LogP contribution >= 0.6 is 23.5 Å². The maximum atomic E-state index is 11.4. The zero-order chi connectivity index (χ0) is 10.9. The lowest BCUT2D eigenvalue weighted by Gasteiger charge is -2.12. The minimum absolute atomic E-state index is 0.00370. The third-order valence-corrected chi connectivity index (χ3v) is 4.37. The van der Waals surface area contributed by atoms with Crippen LogP contribution < -0.4 is 10.6 Å². The third kappa shape index (κ3) is 6.20. The van der Waals surface area contributed by atoms with Gasteiger partial charge in [-0.2, -0.15) is 23.5 Å². The first kappa shape index (κ1) is 13.0. The summed E-state index contributed by atoms with van der Waals surface area (Å²) in [7, 11) is 0. The van der Waals surface area contributed by atoms with E-state index in [1.807, 2.05) is 23.5 Å². The fraction of sp³-hybridized carbons (Fsp3) is 0.900. The highest BCUT2D eigenvalue weighted by atomic mass is 32.2. The first-order chi connectivity index (χ1) is 7.33. The molecule has 88 valence electrons. The van der Waals surface area contributed by atoms with Crippen molar-refractivity contribution in [1.29, 1.82) is 0 Å². The van der Waals surface area contributed by atoms with Crippen molar-refractivity contribution in [2.24, 2.45) is 0 Å². The van der Waals surface area contributed by atoms with Crippen LogP contribution in [0.25, 0.3) is 0 Å². The Bertz CT molecular complexity index is 184. The number of carbonyl (C=O) groups is 1. The predicted octanol–water partition coefficient (Wildman–Crippen LogP) is 1.93. The lowest BCUT2D eigenvalue weighted by atomic mass is 10.3. The van der Waals surface area contributed by atoms with Crippen LogP contribution in [0.5, 0.6) is 0 Å². The van der Waals surface area contributed by atoms with E-state index in [4.69, 9.17) is 0 Å². The van der Waals surface area contributed by atoms with Crippen molar-refractivity contribution in [2.45, 2.75) is 25.8 Å². The third-order valence-electron chi connectivity index (χ3n) is 2.22. The molecule has 5 heteroatoms. The Labute approximate surface area is 101 Å². The van der Waals surface area contributed by atoms with Gasteiger partial charge in [0.05, 0.1) is 0 Å². The molecule has 0 radical (unpaired) electrons. The van der Waals surface area contributed by atoms with Crippen molar-refractivity contribution in [1.82, 2.24) is 10.6 Å². The average Bonchev–Trinajstić information content (AvgIpc) is 2.70. The molecule has 0 bridgehead atoms. The quantitative estimate of drug-likeness (QED) is 0.706. The van der Waals surface area contributed by atoms with Gasteiger partial charge in [0.2, 0.25) is 0 Å². The van der Waals surface area contributed by atoms with Crippen molar-refractivity contribution in [3.8, 4) is 0 Å². The zero-order valence-electron chi connectivity index (χ0n) is 9.25. The lowest BCUT2D eigenvalue weighted by molar-refractivity contribution is 0.238. The van der Waals surface area contributed by atoms with E-state index in [9.17, 15) is 4.79 Å². The normalized spacial score (nSPS) is 20.2. The average molecular weight is 248 g/mol. The summed E-state index contributed by atoms with van der Waals surface area (Å²) < 4.78 is 0. The molecule has 0 spiro atoms. The van der Waals surface area contributed by atoms with E-state index >= 15 is 0 Å². The van der Waals surface area contributed by atoms with Crippen LogP contribution in [-0.4, -0.2) is 41.6 Å². The standard InChI is InChI=1S/C10H20N2OS2/c1-2-14-6-3-5-11-10(13)12-9-4-7-15-8-9/h9H,2-8H2,1H3,(H2,11,12,13)/t9-/m0/s1. The molecule has 1 aliphatic rings. The maximum absolute atomic E-state index is 11.4. The summed E-state index contributed by atoms with van der Waals surface area (Å²) in [4.78, 5) is 11.4. The van der Waals surface area contributed by atoms with Crippen LogP contribution in [0.3, 0.4) is 0 Å². The number of nitrogens with one attached hydrogen (secondary N) is 2. The number of hydrogen-bond acceptors (Lipinski definition) is 3. The molecular formula is C10H20N2OS2. The molecule has 1 saturated heterocycles.